The van der Waals surface area contributed by atoms with E-state index in [1.807, 2.05) is 4.90 Å². The number of carbonyl (C=O) groups is 1. The number of hydrogen-bond donors (Lipinski definition) is 1. The molecule has 2 aliphatic heterocycles. The number of halogens is 3. The molecule has 2 heterocycles. The first-order valence-corrected chi connectivity index (χ1v) is 10.8. The maximum atomic E-state index is 14.5. The van der Waals surface area contributed by atoms with Gasteiger partial charge in [0.05, 0.1) is 6.10 Å². The van der Waals surface area contributed by atoms with Crippen LogP contribution in [0, 0.1) is 5.82 Å². The fourth-order valence-corrected chi connectivity index (χ4v) is 4.54. The standard InChI is InChI=1S/C21H24F3NO4S/c22-16-8-6-15(7-9-16)21(23,24)10-13-30-19-18(29-20(26)27)5-3-11-25(19)14-17-4-1-2-12-28-17/h3,5-9,17H,1-2,4,10-14H2,(H,26,27). The van der Waals surface area contributed by atoms with Gasteiger partial charge in [0, 0.05) is 37.4 Å². The van der Waals surface area contributed by atoms with E-state index in [2.05, 4.69) is 0 Å². The van der Waals surface area contributed by atoms with Crippen LogP contribution in [0.2, 0.25) is 0 Å². The molecule has 0 spiro atoms. The zero-order valence-electron chi connectivity index (χ0n) is 16.4. The Morgan fingerprint density at radius 3 is 2.73 bits per heavy atom. The number of ether oxygens (including phenoxy) is 2. The van der Waals surface area contributed by atoms with E-state index >= 15 is 0 Å². The average Bonchev–Trinajstić information content (AvgIpc) is 2.70. The normalized spacial score (nSPS) is 19.8. The molecule has 1 unspecified atom stereocenters. The van der Waals surface area contributed by atoms with E-state index in [0.717, 1.165) is 55.3 Å². The number of benzene rings is 1. The third-order valence-electron chi connectivity index (χ3n) is 4.91. The molecule has 164 valence electrons. The van der Waals surface area contributed by atoms with E-state index in [4.69, 9.17) is 14.6 Å². The summed E-state index contributed by atoms with van der Waals surface area (Å²) in [5.74, 6) is -3.54. The Balaban J connectivity index is 1.68. The van der Waals surface area contributed by atoms with Gasteiger partial charge in [0.2, 0.25) is 0 Å². The van der Waals surface area contributed by atoms with Gasteiger partial charge in [-0.05, 0) is 37.5 Å². The Hall–Kier alpha value is -2.13. The SMILES string of the molecule is O=C(O)OC1=C(SCCC(F)(F)c2ccc(F)cc2)N(CC2CCCCO2)CC=C1. The molecule has 2 aliphatic rings. The van der Waals surface area contributed by atoms with E-state index in [-0.39, 0.29) is 23.2 Å². The van der Waals surface area contributed by atoms with Crippen LogP contribution in [0.4, 0.5) is 18.0 Å². The molecule has 0 amide bonds. The number of carboxylic acid groups (broad SMARTS) is 1. The molecule has 1 aromatic rings. The number of rotatable bonds is 8. The molecule has 1 saturated heterocycles. The van der Waals surface area contributed by atoms with Gasteiger partial charge in [-0.1, -0.05) is 18.2 Å². The second kappa shape index (κ2) is 10.3. The molecule has 9 heteroatoms. The molecular formula is C21H24F3NO4S. The molecule has 3 rings (SSSR count). The number of nitrogens with zero attached hydrogens (tertiary/aromatic N) is 1. The Morgan fingerprint density at radius 2 is 2.07 bits per heavy atom. The first kappa shape index (κ1) is 22.6. The van der Waals surface area contributed by atoms with E-state index in [0.29, 0.717) is 24.7 Å². The predicted molar refractivity (Wildman–Crippen MR) is 108 cm³/mol. The van der Waals surface area contributed by atoms with E-state index in [9.17, 15) is 18.0 Å². The number of alkyl halides is 2. The smallest absolute Gasteiger partial charge is 0.449 e. The lowest BCUT2D eigenvalue weighted by Crippen LogP contribution is -2.36. The summed E-state index contributed by atoms with van der Waals surface area (Å²) in [6.07, 6.45) is 4.36. The largest absolute Gasteiger partial charge is 0.511 e. The fraction of sp³-hybridized carbons (Fsp3) is 0.476. The fourth-order valence-electron chi connectivity index (χ4n) is 3.40. The van der Waals surface area contributed by atoms with Gasteiger partial charge in [-0.3, -0.25) is 0 Å². The quantitative estimate of drug-likeness (QED) is 0.547. The van der Waals surface area contributed by atoms with Crippen LogP contribution in [0.3, 0.4) is 0 Å². The second-order valence-electron chi connectivity index (χ2n) is 7.14. The number of hydrogen-bond acceptors (Lipinski definition) is 5. The molecular weight excluding hydrogens is 419 g/mol. The highest BCUT2D eigenvalue weighted by Crippen LogP contribution is 2.36. The van der Waals surface area contributed by atoms with Crippen LogP contribution in [0.5, 0.6) is 0 Å². The van der Waals surface area contributed by atoms with Crippen LogP contribution in [-0.2, 0) is 15.4 Å². The van der Waals surface area contributed by atoms with Crippen molar-refractivity contribution in [2.24, 2.45) is 0 Å². The Kier molecular flexibility index (Phi) is 7.71. The molecule has 30 heavy (non-hydrogen) atoms. The predicted octanol–water partition coefficient (Wildman–Crippen LogP) is 5.35. The van der Waals surface area contributed by atoms with Crippen LogP contribution < -0.4 is 0 Å². The Labute approximate surface area is 177 Å². The van der Waals surface area contributed by atoms with Crippen LogP contribution in [0.25, 0.3) is 0 Å². The van der Waals surface area contributed by atoms with E-state index in [1.54, 1.807) is 12.2 Å². The monoisotopic (exact) mass is 443 g/mol. The van der Waals surface area contributed by atoms with Gasteiger partial charge in [0.15, 0.2) is 5.76 Å². The topological polar surface area (TPSA) is 59.0 Å². The highest BCUT2D eigenvalue weighted by Gasteiger charge is 2.32. The molecule has 0 radical (unpaired) electrons. The van der Waals surface area contributed by atoms with Crippen LogP contribution in [0.15, 0.2) is 47.2 Å². The van der Waals surface area contributed by atoms with Crippen LogP contribution in [0.1, 0.15) is 31.2 Å². The third kappa shape index (κ3) is 6.18. The minimum Gasteiger partial charge on any atom is -0.449 e. The molecule has 1 N–H and O–H groups in total. The minimum absolute atomic E-state index is 0.00702. The summed E-state index contributed by atoms with van der Waals surface area (Å²) < 4.78 is 52.6. The van der Waals surface area contributed by atoms with Gasteiger partial charge in [-0.15, -0.1) is 11.8 Å². The van der Waals surface area contributed by atoms with Gasteiger partial charge < -0.3 is 19.5 Å². The lowest BCUT2D eigenvalue weighted by Gasteiger charge is -2.34. The van der Waals surface area contributed by atoms with Crippen molar-refractivity contribution in [3.8, 4) is 0 Å². The van der Waals surface area contributed by atoms with Crippen LogP contribution >= 0.6 is 11.8 Å². The summed E-state index contributed by atoms with van der Waals surface area (Å²) in [7, 11) is 0. The summed E-state index contributed by atoms with van der Waals surface area (Å²) in [6, 6.07) is 4.17. The summed E-state index contributed by atoms with van der Waals surface area (Å²) in [5.41, 5.74) is -0.253. The van der Waals surface area contributed by atoms with Crippen molar-refractivity contribution < 1.29 is 32.5 Å². The van der Waals surface area contributed by atoms with Crippen molar-refractivity contribution in [3.63, 3.8) is 0 Å². The first-order valence-electron chi connectivity index (χ1n) is 9.80. The van der Waals surface area contributed by atoms with Gasteiger partial charge in [-0.25, -0.2) is 18.0 Å². The molecule has 0 aliphatic carbocycles. The van der Waals surface area contributed by atoms with Crippen molar-refractivity contribution in [2.45, 2.75) is 37.7 Å². The van der Waals surface area contributed by atoms with Gasteiger partial charge in [-0.2, -0.15) is 0 Å². The van der Waals surface area contributed by atoms with Crippen molar-refractivity contribution in [3.05, 3.63) is 58.6 Å². The van der Waals surface area contributed by atoms with Crippen molar-refractivity contribution in [1.29, 1.82) is 0 Å². The maximum absolute atomic E-state index is 14.5. The van der Waals surface area contributed by atoms with Gasteiger partial charge >= 0.3 is 6.16 Å². The minimum atomic E-state index is -3.13. The zero-order chi connectivity index (χ0) is 21.6. The third-order valence-corrected chi connectivity index (χ3v) is 6.05. The van der Waals surface area contributed by atoms with Crippen molar-refractivity contribution in [1.82, 2.24) is 4.90 Å². The Morgan fingerprint density at radius 1 is 1.30 bits per heavy atom. The van der Waals surface area contributed by atoms with Gasteiger partial charge in [0.25, 0.3) is 5.92 Å². The summed E-state index contributed by atoms with van der Waals surface area (Å²) in [4.78, 5) is 13.0. The van der Waals surface area contributed by atoms with Crippen molar-refractivity contribution >= 4 is 17.9 Å². The number of thioether (sulfide) groups is 1. The first-order chi connectivity index (χ1) is 14.3. The molecule has 0 saturated carbocycles. The zero-order valence-corrected chi connectivity index (χ0v) is 17.2. The maximum Gasteiger partial charge on any atom is 0.511 e. The highest BCUT2D eigenvalue weighted by atomic mass is 32.2. The van der Waals surface area contributed by atoms with E-state index in [1.165, 1.54) is 0 Å². The lowest BCUT2D eigenvalue weighted by molar-refractivity contribution is -0.00723. The molecule has 0 bridgehead atoms. The molecule has 1 fully saturated rings. The lowest BCUT2D eigenvalue weighted by atomic mass is 10.1. The van der Waals surface area contributed by atoms with Crippen LogP contribution in [-0.4, -0.2) is 47.7 Å². The average molecular weight is 443 g/mol. The molecule has 1 aromatic carbocycles. The summed E-state index contributed by atoms with van der Waals surface area (Å²) in [6.45, 7) is 1.74. The van der Waals surface area contributed by atoms with Crippen molar-refractivity contribution in [2.75, 3.05) is 25.4 Å². The second-order valence-corrected chi connectivity index (χ2v) is 8.23. The number of allylic oxidation sites excluding steroid dienone is 1. The molecule has 1 atom stereocenters. The summed E-state index contributed by atoms with van der Waals surface area (Å²) >= 11 is 1.13. The molecule has 5 nitrogen and oxygen atoms in total. The highest BCUT2D eigenvalue weighted by molar-refractivity contribution is 8.03. The Bertz CT molecular complexity index is 792. The van der Waals surface area contributed by atoms with Gasteiger partial charge in [0.1, 0.15) is 10.8 Å². The molecule has 0 aromatic heterocycles. The van der Waals surface area contributed by atoms with E-state index < -0.39 is 24.3 Å². The summed E-state index contributed by atoms with van der Waals surface area (Å²) in [5, 5.41) is 9.53.